The second-order valence-corrected chi connectivity index (χ2v) is 6.89. The number of nitrogens with one attached hydrogen (secondary N) is 1. The third-order valence-corrected chi connectivity index (χ3v) is 3.98. The lowest BCUT2D eigenvalue weighted by atomic mass is 10.1. The van der Waals surface area contributed by atoms with Gasteiger partial charge in [0, 0.05) is 25.3 Å². The van der Waals surface area contributed by atoms with E-state index in [0.717, 1.165) is 19.5 Å². The maximum absolute atomic E-state index is 11.1. The fourth-order valence-electron chi connectivity index (χ4n) is 2.33. The molecule has 0 aromatic heterocycles. The minimum atomic E-state index is -3.07. The molecule has 0 amide bonds. The van der Waals surface area contributed by atoms with Crippen LogP contribution in [0.5, 0.6) is 0 Å². The normalized spacial score (nSPS) is 20.3. The molecule has 1 fully saturated rings. The van der Waals surface area contributed by atoms with Gasteiger partial charge in [0.15, 0.2) is 0 Å². The maximum atomic E-state index is 11.1. The Morgan fingerprint density at radius 3 is 2.89 bits per heavy atom. The van der Waals surface area contributed by atoms with Crippen molar-refractivity contribution in [3.05, 3.63) is 29.8 Å². The van der Waals surface area contributed by atoms with Crippen LogP contribution in [0.3, 0.4) is 0 Å². The van der Waals surface area contributed by atoms with E-state index in [2.05, 4.69) is 40.8 Å². The molecule has 0 radical (unpaired) electrons. The van der Waals surface area contributed by atoms with Gasteiger partial charge in [0.2, 0.25) is 10.0 Å². The molecular weight excluding hydrogens is 248 g/mol. The first kappa shape index (κ1) is 13.4. The predicted octanol–water partition coefficient (Wildman–Crippen LogP) is 1.37. The number of aryl methyl sites for hydroxylation is 1. The highest BCUT2D eigenvalue weighted by Crippen LogP contribution is 2.24. The van der Waals surface area contributed by atoms with Crippen LogP contribution in [-0.2, 0) is 10.0 Å². The zero-order valence-electron chi connectivity index (χ0n) is 10.9. The zero-order chi connectivity index (χ0) is 13.2. The van der Waals surface area contributed by atoms with E-state index in [1.54, 1.807) is 0 Å². The number of hydrogen-bond acceptors (Lipinski definition) is 3. The van der Waals surface area contributed by atoms with E-state index in [4.69, 9.17) is 0 Å². The second-order valence-electron chi connectivity index (χ2n) is 5.06. The number of hydrogen-bond donors (Lipinski definition) is 1. The summed E-state index contributed by atoms with van der Waals surface area (Å²) < 4.78 is 24.7. The van der Waals surface area contributed by atoms with Gasteiger partial charge in [-0.2, -0.15) is 0 Å². The van der Waals surface area contributed by atoms with Crippen molar-refractivity contribution in [1.82, 2.24) is 4.72 Å². The number of sulfonamides is 1. The fourth-order valence-corrected chi connectivity index (χ4v) is 2.87. The molecule has 1 unspecified atom stereocenters. The molecule has 1 aliphatic rings. The smallest absolute Gasteiger partial charge is 0.208 e. The average Bonchev–Trinajstić information content (AvgIpc) is 2.74. The molecule has 1 aromatic carbocycles. The van der Waals surface area contributed by atoms with Gasteiger partial charge in [-0.15, -0.1) is 0 Å². The standard InChI is InChI=1S/C13H20N2O2S/c1-11-4-3-5-13(8-11)15-7-6-12(10-15)9-14-18(2,16)17/h3-5,8,12,14H,6-7,9-10H2,1-2H3. The van der Waals surface area contributed by atoms with Gasteiger partial charge in [-0.3, -0.25) is 0 Å². The van der Waals surface area contributed by atoms with Crippen molar-refractivity contribution in [2.75, 3.05) is 30.8 Å². The highest BCUT2D eigenvalue weighted by atomic mass is 32.2. The molecule has 1 atom stereocenters. The van der Waals surface area contributed by atoms with Crippen LogP contribution in [0.4, 0.5) is 5.69 Å². The lowest BCUT2D eigenvalue weighted by Gasteiger charge is -2.19. The zero-order valence-corrected chi connectivity index (χ0v) is 11.7. The van der Waals surface area contributed by atoms with Crippen molar-refractivity contribution in [2.24, 2.45) is 5.92 Å². The first-order chi connectivity index (χ1) is 8.44. The highest BCUT2D eigenvalue weighted by Gasteiger charge is 2.23. The number of anilines is 1. The summed E-state index contributed by atoms with van der Waals surface area (Å²) in [5.41, 5.74) is 2.49. The first-order valence-corrected chi connectivity index (χ1v) is 8.09. The van der Waals surface area contributed by atoms with Crippen LogP contribution in [0.15, 0.2) is 24.3 Å². The predicted molar refractivity (Wildman–Crippen MR) is 74.3 cm³/mol. The van der Waals surface area contributed by atoms with E-state index in [-0.39, 0.29) is 0 Å². The van der Waals surface area contributed by atoms with Gasteiger partial charge in [-0.05, 0) is 37.0 Å². The molecule has 1 heterocycles. The monoisotopic (exact) mass is 268 g/mol. The summed E-state index contributed by atoms with van der Waals surface area (Å²) in [6.07, 6.45) is 2.25. The van der Waals surface area contributed by atoms with E-state index in [1.165, 1.54) is 17.5 Å². The topological polar surface area (TPSA) is 49.4 Å². The summed E-state index contributed by atoms with van der Waals surface area (Å²) in [6, 6.07) is 8.43. The van der Waals surface area contributed by atoms with Crippen molar-refractivity contribution in [3.8, 4) is 0 Å². The summed E-state index contributed by atoms with van der Waals surface area (Å²) in [6.45, 7) is 4.55. The lowest BCUT2D eigenvalue weighted by molar-refractivity contribution is 0.545. The van der Waals surface area contributed by atoms with Gasteiger partial charge in [-0.25, -0.2) is 13.1 Å². The minimum absolute atomic E-state index is 0.403. The van der Waals surface area contributed by atoms with Gasteiger partial charge in [-0.1, -0.05) is 12.1 Å². The molecule has 0 saturated carbocycles. The molecule has 0 aliphatic carbocycles. The van der Waals surface area contributed by atoms with Crippen molar-refractivity contribution in [2.45, 2.75) is 13.3 Å². The molecule has 1 aromatic rings. The molecule has 5 heteroatoms. The Hall–Kier alpha value is -1.07. The average molecular weight is 268 g/mol. The lowest BCUT2D eigenvalue weighted by Crippen LogP contribution is -2.30. The largest absolute Gasteiger partial charge is 0.371 e. The van der Waals surface area contributed by atoms with Crippen molar-refractivity contribution in [1.29, 1.82) is 0 Å². The van der Waals surface area contributed by atoms with Crippen LogP contribution >= 0.6 is 0 Å². The molecule has 1 saturated heterocycles. The molecule has 0 spiro atoms. The molecule has 1 aliphatic heterocycles. The Morgan fingerprint density at radius 1 is 1.44 bits per heavy atom. The van der Waals surface area contributed by atoms with Gasteiger partial charge >= 0.3 is 0 Å². The Balaban J connectivity index is 1.92. The van der Waals surface area contributed by atoms with Crippen LogP contribution in [0.1, 0.15) is 12.0 Å². The summed E-state index contributed by atoms with van der Waals surface area (Å²) in [4.78, 5) is 2.32. The summed E-state index contributed by atoms with van der Waals surface area (Å²) in [7, 11) is -3.07. The van der Waals surface area contributed by atoms with Gasteiger partial charge in [0.25, 0.3) is 0 Å². The quantitative estimate of drug-likeness (QED) is 0.897. The molecule has 2 rings (SSSR count). The van der Waals surface area contributed by atoms with Crippen LogP contribution in [0, 0.1) is 12.8 Å². The Morgan fingerprint density at radius 2 is 2.22 bits per heavy atom. The Bertz CT molecular complexity index is 513. The number of nitrogens with zero attached hydrogens (tertiary/aromatic N) is 1. The van der Waals surface area contributed by atoms with Crippen molar-refractivity contribution >= 4 is 15.7 Å². The third-order valence-electron chi connectivity index (χ3n) is 3.29. The van der Waals surface area contributed by atoms with Gasteiger partial charge in [0.05, 0.1) is 6.26 Å². The molecule has 1 N–H and O–H groups in total. The summed E-state index contributed by atoms with van der Waals surface area (Å²) in [5, 5.41) is 0. The third kappa shape index (κ3) is 3.71. The highest BCUT2D eigenvalue weighted by molar-refractivity contribution is 7.88. The minimum Gasteiger partial charge on any atom is -0.371 e. The molecule has 18 heavy (non-hydrogen) atoms. The molecule has 4 nitrogen and oxygen atoms in total. The van der Waals surface area contributed by atoms with Gasteiger partial charge in [0.1, 0.15) is 0 Å². The Kier molecular flexibility index (Phi) is 3.92. The number of rotatable bonds is 4. The van der Waals surface area contributed by atoms with Crippen LogP contribution in [-0.4, -0.2) is 34.3 Å². The maximum Gasteiger partial charge on any atom is 0.208 e. The van der Waals surface area contributed by atoms with Crippen LogP contribution in [0.25, 0.3) is 0 Å². The fraction of sp³-hybridized carbons (Fsp3) is 0.538. The van der Waals surface area contributed by atoms with Gasteiger partial charge < -0.3 is 4.90 Å². The van der Waals surface area contributed by atoms with Crippen molar-refractivity contribution in [3.63, 3.8) is 0 Å². The van der Waals surface area contributed by atoms with E-state index in [1.807, 2.05) is 0 Å². The Labute approximate surface area is 109 Å². The van der Waals surface area contributed by atoms with E-state index < -0.39 is 10.0 Å². The first-order valence-electron chi connectivity index (χ1n) is 6.20. The van der Waals surface area contributed by atoms with E-state index in [0.29, 0.717) is 12.5 Å². The molecule has 0 bridgehead atoms. The van der Waals surface area contributed by atoms with Crippen molar-refractivity contribution < 1.29 is 8.42 Å². The van der Waals surface area contributed by atoms with E-state index >= 15 is 0 Å². The second kappa shape index (κ2) is 5.28. The molecular formula is C13H20N2O2S. The SMILES string of the molecule is Cc1cccc(N2CCC(CNS(C)(=O)=O)C2)c1. The number of benzene rings is 1. The molecule has 100 valence electrons. The summed E-state index contributed by atoms with van der Waals surface area (Å²) >= 11 is 0. The van der Waals surface area contributed by atoms with Crippen LogP contribution in [0.2, 0.25) is 0 Å². The summed E-state index contributed by atoms with van der Waals surface area (Å²) in [5.74, 6) is 0.403. The van der Waals surface area contributed by atoms with E-state index in [9.17, 15) is 8.42 Å². The van der Waals surface area contributed by atoms with Crippen LogP contribution < -0.4 is 9.62 Å².